The summed E-state index contributed by atoms with van der Waals surface area (Å²) in [5, 5.41) is 16.5. The maximum absolute atomic E-state index is 11.4. The summed E-state index contributed by atoms with van der Waals surface area (Å²) in [6, 6.07) is 9.21. The summed E-state index contributed by atoms with van der Waals surface area (Å²) < 4.78 is 15.7. The molecule has 1 aliphatic heterocycles. The van der Waals surface area contributed by atoms with Gasteiger partial charge in [0.15, 0.2) is 6.61 Å². The van der Waals surface area contributed by atoms with Crippen molar-refractivity contribution in [2.24, 2.45) is 5.73 Å². The van der Waals surface area contributed by atoms with Crippen molar-refractivity contribution in [2.45, 2.75) is 19.8 Å². The lowest BCUT2D eigenvalue weighted by Gasteiger charge is -2.23. The quantitative estimate of drug-likeness (QED) is 0.786. The number of carbonyl (C=O) groups is 1. The minimum Gasteiger partial charge on any atom is -0.482 e. The van der Waals surface area contributed by atoms with Crippen LogP contribution in [0.4, 0.5) is 0 Å². The Labute approximate surface area is 150 Å². The van der Waals surface area contributed by atoms with E-state index in [0.29, 0.717) is 23.8 Å². The minimum atomic E-state index is -0.429. The molecule has 0 aliphatic carbocycles. The van der Waals surface area contributed by atoms with E-state index in [2.05, 4.69) is 16.3 Å². The number of H-pyrrole nitrogens is 1. The van der Waals surface area contributed by atoms with Gasteiger partial charge in [-0.15, -0.1) is 5.10 Å². The predicted octanol–water partition coefficient (Wildman–Crippen LogP) is 1.88. The van der Waals surface area contributed by atoms with Crippen LogP contribution in [0.5, 0.6) is 11.6 Å². The van der Waals surface area contributed by atoms with E-state index in [9.17, 15) is 10.1 Å². The number of esters is 1. The summed E-state index contributed by atoms with van der Waals surface area (Å²) in [6.45, 7) is 3.74. The van der Waals surface area contributed by atoms with E-state index in [1.54, 1.807) is 19.1 Å². The number of benzene rings is 1. The maximum atomic E-state index is 11.4. The predicted molar refractivity (Wildman–Crippen MR) is 91.2 cm³/mol. The summed E-state index contributed by atoms with van der Waals surface area (Å²) in [5.74, 6) is 0.114. The Morgan fingerprint density at radius 1 is 1.42 bits per heavy atom. The highest BCUT2D eigenvalue weighted by Crippen LogP contribution is 2.42. The fourth-order valence-electron chi connectivity index (χ4n) is 2.83. The van der Waals surface area contributed by atoms with Crippen molar-refractivity contribution in [3.8, 4) is 17.7 Å². The normalized spacial score (nSPS) is 15.7. The van der Waals surface area contributed by atoms with Crippen LogP contribution in [0.1, 0.15) is 29.7 Å². The number of hydrogen-bond donors (Lipinski definition) is 2. The maximum Gasteiger partial charge on any atom is 0.344 e. The van der Waals surface area contributed by atoms with E-state index < -0.39 is 5.97 Å². The summed E-state index contributed by atoms with van der Waals surface area (Å²) in [7, 11) is 0. The van der Waals surface area contributed by atoms with Gasteiger partial charge in [-0.1, -0.05) is 12.1 Å². The van der Waals surface area contributed by atoms with Crippen molar-refractivity contribution in [2.75, 3.05) is 13.2 Å². The molecule has 8 heteroatoms. The zero-order valence-electron chi connectivity index (χ0n) is 14.4. The smallest absolute Gasteiger partial charge is 0.344 e. The highest BCUT2D eigenvalue weighted by molar-refractivity contribution is 5.71. The molecule has 0 saturated heterocycles. The van der Waals surface area contributed by atoms with E-state index in [-0.39, 0.29) is 18.4 Å². The minimum absolute atomic E-state index is 0.0409. The lowest BCUT2D eigenvalue weighted by Crippen LogP contribution is -2.21. The van der Waals surface area contributed by atoms with Crippen LogP contribution < -0.4 is 15.2 Å². The van der Waals surface area contributed by atoms with Crippen LogP contribution in [0.15, 0.2) is 35.7 Å². The van der Waals surface area contributed by atoms with Crippen LogP contribution in [-0.4, -0.2) is 29.4 Å². The molecule has 1 aliphatic rings. The summed E-state index contributed by atoms with van der Waals surface area (Å²) in [5.41, 5.74) is 8.62. The molecular weight excluding hydrogens is 336 g/mol. The van der Waals surface area contributed by atoms with Gasteiger partial charge in [-0.25, -0.2) is 4.79 Å². The Balaban J connectivity index is 1.87. The standard InChI is InChI=1S/C18H18N4O4/c1-3-24-14(23)9-25-12-6-4-11(5-7-12)16-13(8-19)17(20)26-18-15(16)10(2)21-22-18/h4-7,16H,3,9,20H2,1-2H3,(H,21,22)/t16-/m1/s1. The summed E-state index contributed by atoms with van der Waals surface area (Å²) in [4.78, 5) is 11.4. The number of carbonyl (C=O) groups excluding carboxylic acids is 1. The van der Waals surface area contributed by atoms with Crippen molar-refractivity contribution in [3.63, 3.8) is 0 Å². The van der Waals surface area contributed by atoms with E-state index in [4.69, 9.17) is 19.9 Å². The first-order valence-corrected chi connectivity index (χ1v) is 8.06. The number of allylic oxidation sites excluding steroid dienone is 1. The van der Waals surface area contributed by atoms with Gasteiger partial charge < -0.3 is 19.9 Å². The largest absolute Gasteiger partial charge is 0.482 e. The molecule has 8 nitrogen and oxygen atoms in total. The molecule has 0 radical (unpaired) electrons. The number of nitrogens with two attached hydrogens (primary N) is 1. The Morgan fingerprint density at radius 2 is 2.15 bits per heavy atom. The average molecular weight is 354 g/mol. The lowest BCUT2D eigenvalue weighted by molar-refractivity contribution is -0.145. The number of hydrogen-bond acceptors (Lipinski definition) is 7. The second kappa shape index (κ2) is 7.19. The number of aromatic amines is 1. The van der Waals surface area contributed by atoms with Crippen LogP contribution in [0.25, 0.3) is 0 Å². The van der Waals surface area contributed by atoms with Crippen LogP contribution in [0, 0.1) is 18.3 Å². The van der Waals surface area contributed by atoms with Crippen LogP contribution in [-0.2, 0) is 9.53 Å². The van der Waals surface area contributed by atoms with Gasteiger partial charge in [-0.05, 0) is 31.5 Å². The molecule has 0 unspecified atom stereocenters. The molecule has 134 valence electrons. The first kappa shape index (κ1) is 17.4. The zero-order valence-corrected chi connectivity index (χ0v) is 14.4. The van der Waals surface area contributed by atoms with Crippen molar-refractivity contribution in [3.05, 3.63) is 52.5 Å². The zero-order chi connectivity index (χ0) is 18.7. The number of aryl methyl sites for hydroxylation is 1. The number of nitriles is 1. The third-order valence-electron chi connectivity index (χ3n) is 4.00. The molecule has 1 atom stereocenters. The van der Waals surface area contributed by atoms with Gasteiger partial charge in [0.05, 0.1) is 12.5 Å². The first-order chi connectivity index (χ1) is 12.5. The van der Waals surface area contributed by atoms with E-state index in [1.807, 2.05) is 19.1 Å². The Kier molecular flexibility index (Phi) is 4.80. The third-order valence-corrected chi connectivity index (χ3v) is 4.00. The molecule has 1 aromatic heterocycles. The van der Waals surface area contributed by atoms with Gasteiger partial charge in [-0.3, -0.25) is 5.10 Å². The molecule has 0 spiro atoms. The highest BCUT2D eigenvalue weighted by Gasteiger charge is 2.34. The number of nitrogens with zero attached hydrogens (tertiary/aromatic N) is 2. The molecule has 2 heterocycles. The Morgan fingerprint density at radius 3 is 2.81 bits per heavy atom. The molecule has 0 amide bonds. The SMILES string of the molecule is CCOC(=O)COc1ccc([C@@H]2C(C#N)=C(N)Oc3n[nH]c(C)c32)cc1. The summed E-state index contributed by atoms with van der Waals surface area (Å²) in [6.07, 6.45) is 0. The van der Waals surface area contributed by atoms with Gasteiger partial charge in [0.2, 0.25) is 11.8 Å². The molecular formula is C18H18N4O4. The van der Waals surface area contributed by atoms with Crippen molar-refractivity contribution >= 4 is 5.97 Å². The van der Waals surface area contributed by atoms with E-state index >= 15 is 0 Å². The number of aromatic nitrogens is 2. The fourth-order valence-corrected chi connectivity index (χ4v) is 2.83. The number of rotatable bonds is 5. The van der Waals surface area contributed by atoms with Gasteiger partial charge in [-0.2, -0.15) is 5.26 Å². The van der Waals surface area contributed by atoms with Crippen molar-refractivity contribution in [1.82, 2.24) is 10.2 Å². The van der Waals surface area contributed by atoms with Gasteiger partial charge in [0, 0.05) is 11.3 Å². The lowest BCUT2D eigenvalue weighted by atomic mass is 9.84. The van der Waals surface area contributed by atoms with E-state index in [0.717, 1.165) is 16.8 Å². The molecule has 26 heavy (non-hydrogen) atoms. The fraction of sp³-hybridized carbons (Fsp3) is 0.278. The van der Waals surface area contributed by atoms with Gasteiger partial charge in [0.25, 0.3) is 0 Å². The topological polar surface area (TPSA) is 123 Å². The van der Waals surface area contributed by atoms with Gasteiger partial charge >= 0.3 is 5.97 Å². The molecule has 3 N–H and O–H groups in total. The first-order valence-electron chi connectivity index (χ1n) is 8.06. The van der Waals surface area contributed by atoms with Crippen molar-refractivity contribution in [1.29, 1.82) is 5.26 Å². The second-order valence-corrected chi connectivity index (χ2v) is 5.65. The van der Waals surface area contributed by atoms with Gasteiger partial charge in [0.1, 0.15) is 17.4 Å². The number of fused-ring (bicyclic) bond motifs is 1. The molecule has 1 aromatic carbocycles. The summed E-state index contributed by atoms with van der Waals surface area (Å²) >= 11 is 0. The van der Waals surface area contributed by atoms with E-state index in [1.165, 1.54) is 0 Å². The third kappa shape index (κ3) is 3.19. The van der Waals surface area contributed by atoms with Crippen LogP contribution >= 0.6 is 0 Å². The number of nitrogens with one attached hydrogen (secondary N) is 1. The molecule has 0 fully saturated rings. The Bertz CT molecular complexity index is 893. The van der Waals surface area contributed by atoms with Crippen LogP contribution in [0.2, 0.25) is 0 Å². The molecule has 0 saturated carbocycles. The van der Waals surface area contributed by atoms with Crippen molar-refractivity contribution < 1.29 is 19.0 Å². The molecule has 3 rings (SSSR count). The second-order valence-electron chi connectivity index (χ2n) is 5.65. The molecule has 0 bridgehead atoms. The molecule has 2 aromatic rings. The number of ether oxygens (including phenoxy) is 3. The highest BCUT2D eigenvalue weighted by atomic mass is 16.6. The monoisotopic (exact) mass is 354 g/mol. The Hall–Kier alpha value is -3.47. The van der Waals surface area contributed by atoms with Crippen LogP contribution in [0.3, 0.4) is 0 Å². The average Bonchev–Trinajstić information content (AvgIpc) is 3.00.